The van der Waals surface area contributed by atoms with Gasteiger partial charge < -0.3 is 60.1 Å². The fraction of sp³-hybridized carbons (Fsp3) is 0.188. The van der Waals surface area contributed by atoms with Crippen molar-refractivity contribution in [2.45, 2.75) is 20.8 Å². The molecule has 23 heteroatoms. The third-order valence-electron chi connectivity index (χ3n) is 10.8. The largest absolute Gasteiger partial charge is 0.508 e. The van der Waals surface area contributed by atoms with Crippen LogP contribution in [-0.2, 0) is 0 Å². The van der Waals surface area contributed by atoms with Gasteiger partial charge in [-0.1, -0.05) is 154 Å². The number of benzene rings is 3. The molecule has 18 nitrogen and oxygen atoms in total. The number of phenols is 1. The number of pyridine rings is 6. The van der Waals surface area contributed by atoms with Gasteiger partial charge in [0.05, 0.1) is 86.7 Å². The highest BCUT2D eigenvalue weighted by molar-refractivity contribution is 14.1. The molecule has 3 aromatic carbocycles. The molecule has 0 radical (unpaired) electrons. The molecule has 0 aliphatic rings. The second kappa shape index (κ2) is 52.1. The van der Waals surface area contributed by atoms with Gasteiger partial charge in [0.15, 0.2) is 0 Å². The molecule has 0 atom stereocenters. The second-order valence-corrected chi connectivity index (χ2v) is 20.7. The molecule has 0 saturated carbocycles. The monoisotopic (exact) mass is 1710 g/mol. The molecule has 0 unspecified atom stereocenters. The number of nitrogens with one attached hydrogen (secondary N) is 3. The van der Waals surface area contributed by atoms with Gasteiger partial charge in [-0.25, -0.2) is 29.9 Å². The van der Waals surface area contributed by atoms with Crippen molar-refractivity contribution in [1.29, 1.82) is 0 Å². The van der Waals surface area contributed by atoms with E-state index in [4.69, 9.17) is 39.0 Å². The fourth-order valence-corrected chi connectivity index (χ4v) is 8.52. The van der Waals surface area contributed by atoms with Crippen LogP contribution in [0.25, 0.3) is 32.7 Å². The number of ether oxygens (including phenoxy) is 5. The maximum absolute atomic E-state index is 9.42. The van der Waals surface area contributed by atoms with Crippen LogP contribution in [0.3, 0.4) is 0 Å². The molecule has 6 heterocycles. The first-order valence-corrected chi connectivity index (χ1v) is 33.8. The smallest absolute Gasteiger partial charge is 0.213 e. The third-order valence-corrected chi connectivity index (χ3v) is 13.1. The van der Waals surface area contributed by atoms with E-state index in [9.17, 15) is 5.11 Å². The lowest BCUT2D eigenvalue weighted by molar-refractivity contribution is 0.342. The van der Waals surface area contributed by atoms with Crippen LogP contribution in [0.4, 0.5) is 34.5 Å². The predicted molar refractivity (Wildman–Crippen MR) is 412 cm³/mol. The minimum absolute atomic E-state index is 0.153. The number of rotatable bonds is 19. The van der Waals surface area contributed by atoms with Crippen molar-refractivity contribution in [3.63, 3.8) is 0 Å². The van der Waals surface area contributed by atoms with E-state index in [1.807, 2.05) is 185 Å². The Morgan fingerprint density at radius 3 is 1.11 bits per heavy atom. The Labute approximate surface area is 597 Å². The van der Waals surface area contributed by atoms with E-state index in [0.717, 1.165) is 89.4 Å². The van der Waals surface area contributed by atoms with Crippen LogP contribution in [0.15, 0.2) is 213 Å². The molecule has 92 heavy (non-hydrogen) atoms. The molecule has 0 fully saturated rings. The van der Waals surface area contributed by atoms with Crippen molar-refractivity contribution in [2.75, 3.05) is 81.0 Å². The molecule has 0 saturated heterocycles. The predicted octanol–water partition coefficient (Wildman–Crippen LogP) is 17.5. The van der Waals surface area contributed by atoms with Crippen LogP contribution < -0.4 is 39.6 Å². The van der Waals surface area contributed by atoms with Gasteiger partial charge in [0.25, 0.3) is 0 Å². The lowest BCUT2D eigenvalue weighted by Crippen LogP contribution is -1.96. The first kappa shape index (κ1) is 80.7. The zero-order valence-corrected chi connectivity index (χ0v) is 61.4. The molecule has 0 spiro atoms. The summed E-state index contributed by atoms with van der Waals surface area (Å²) in [5, 5.41) is 47.6. The van der Waals surface area contributed by atoms with Crippen molar-refractivity contribution in [1.82, 2.24) is 29.9 Å². The summed E-state index contributed by atoms with van der Waals surface area (Å²) < 4.78 is 32.1. The van der Waals surface area contributed by atoms with Crippen LogP contribution in [0.5, 0.6) is 34.9 Å². The van der Waals surface area contributed by atoms with Gasteiger partial charge in [-0.3, -0.25) is 0 Å². The van der Waals surface area contributed by atoms with E-state index in [2.05, 4.69) is 129 Å². The number of alkyl halides is 2. The lowest BCUT2D eigenvalue weighted by Gasteiger charge is -2.08. The minimum Gasteiger partial charge on any atom is -0.508 e. The van der Waals surface area contributed by atoms with Gasteiger partial charge in [-0.05, 0) is 148 Å². The van der Waals surface area contributed by atoms with Crippen molar-refractivity contribution >= 4 is 167 Å². The highest BCUT2D eigenvalue weighted by atomic mass is 127. The number of terminal acetylenes is 1. The molecule has 6 aromatic heterocycles. The molecule has 0 amide bonds. The number of hydrogen-bond donors (Lipinski definition) is 7. The fourth-order valence-electron chi connectivity index (χ4n) is 6.57. The van der Waals surface area contributed by atoms with Crippen LogP contribution in [0, 0.1) is 12.3 Å². The maximum atomic E-state index is 9.42. The zero-order valence-electron chi connectivity index (χ0n) is 51.7. The number of methoxy groups -OCH3 is 3. The maximum Gasteiger partial charge on any atom is 0.213 e. The first-order chi connectivity index (χ1) is 44.9. The molecule has 9 aromatic rings. The molecule has 486 valence electrons. The second-order valence-electron chi connectivity index (χ2n) is 17.3. The van der Waals surface area contributed by atoms with Crippen molar-refractivity contribution < 1.29 is 44.1 Å². The number of nitrogens with zero attached hydrogens (tertiary/aromatic N) is 6. The Morgan fingerprint density at radius 2 is 0.837 bits per heavy atom. The van der Waals surface area contributed by atoms with Gasteiger partial charge in [-0.2, -0.15) is 0 Å². The van der Waals surface area contributed by atoms with E-state index in [0.29, 0.717) is 30.9 Å². The number of allylic oxidation sites excluding steroid dienone is 5. The summed E-state index contributed by atoms with van der Waals surface area (Å²) in [5.41, 5.74) is 5.16. The Hall–Kier alpha value is -7.43. The summed E-state index contributed by atoms with van der Waals surface area (Å²) in [7, 11) is 4.77. The van der Waals surface area contributed by atoms with Crippen molar-refractivity contribution in [3.05, 3.63) is 213 Å². The zero-order chi connectivity index (χ0) is 67.4. The summed E-state index contributed by atoms with van der Waals surface area (Å²) >= 11 is 12.8. The van der Waals surface area contributed by atoms with E-state index < -0.39 is 0 Å². The van der Waals surface area contributed by atoms with Crippen LogP contribution in [-0.4, -0.2) is 115 Å². The number of anilines is 6. The third kappa shape index (κ3) is 34.8. The van der Waals surface area contributed by atoms with E-state index in [1.165, 1.54) is 0 Å². The first-order valence-electron chi connectivity index (χ1n) is 27.8. The Balaban J connectivity index is 0.000000399. The van der Waals surface area contributed by atoms with Crippen molar-refractivity contribution in [2.24, 2.45) is 0 Å². The molecular weight excluding hydrogens is 1640 g/mol. The Kier molecular flexibility index (Phi) is 45.7. The summed E-state index contributed by atoms with van der Waals surface area (Å²) in [4.78, 5) is 26.2. The molecule has 0 aliphatic carbocycles. The lowest BCUT2D eigenvalue weighted by atomic mass is 10.2. The van der Waals surface area contributed by atoms with Gasteiger partial charge in [0.2, 0.25) is 17.6 Å². The number of aliphatic hydroxyl groups excluding tert-OH is 3. The Bertz CT molecular complexity index is 3500. The van der Waals surface area contributed by atoms with E-state index in [1.54, 1.807) is 98.6 Å². The molecule has 9 rings (SSSR count). The quantitative estimate of drug-likeness (QED) is 0.0172. The van der Waals surface area contributed by atoms with Crippen LogP contribution in [0.1, 0.15) is 20.8 Å². The highest BCUT2D eigenvalue weighted by Crippen LogP contribution is 2.26. The van der Waals surface area contributed by atoms with Gasteiger partial charge in [0, 0.05) is 45.0 Å². The van der Waals surface area contributed by atoms with Gasteiger partial charge in [0.1, 0.15) is 54.5 Å². The highest BCUT2D eigenvalue weighted by Gasteiger charge is 2.06. The molecular formula is C69H76Br2I3N9O9. The number of aromatic hydroxyl groups is 1. The average molecular weight is 1720 g/mol. The number of aliphatic hydroxyl groups is 3. The topological polar surface area (TPSA) is 240 Å². The summed E-state index contributed by atoms with van der Waals surface area (Å²) in [5.74, 6) is 7.86. The van der Waals surface area contributed by atoms with E-state index >= 15 is 0 Å². The number of hydrogen-bond acceptors (Lipinski definition) is 18. The molecule has 0 aliphatic heterocycles. The summed E-state index contributed by atoms with van der Waals surface area (Å²) in [6, 6.07) is 39.5. The summed E-state index contributed by atoms with van der Waals surface area (Å²) in [6.45, 7) is 7.14. The number of halogens is 5. The van der Waals surface area contributed by atoms with Crippen LogP contribution >= 0.6 is 99.6 Å². The average Bonchev–Trinajstić information content (AvgIpc) is 1.29. The van der Waals surface area contributed by atoms with E-state index in [-0.39, 0.29) is 25.6 Å². The number of aromatic nitrogens is 6. The summed E-state index contributed by atoms with van der Waals surface area (Å²) in [6.07, 6.45) is 26.8. The minimum atomic E-state index is -0.153. The standard InChI is InChI=1S/C19H19N3O2.C18H16IN3O2.C15H13N3O2.C4H7Br.C4H8O.C3H4BrI.C3H5IO.C3H4O/c1-3-4-11-24-16-7-8-17-14(12-16)5-9-18(22-17)21-15-6-10-19(23-2)20-13-15;1-23-18-8-4-14(12-20-18)21-17-7-3-13-11-15(24-10-2-9-19)5-6-16(13)22-17;1-20-15-7-3-11(9-16-15)17-14-6-2-10-8-12(19)4-5-13(10)18-14;2*1-2-3-4-5;2*4-2-1-3-5;1-2-3-4/h3-10,12-13H,11H2,1-2H3,(H,21,22);2-9,11-12H,10H2,1H3,(H,21,22);2-9,19H,1H3,(H,17,18);2-3H,4H2,1H3;2-3,5H,4H2,1H3;1,3H,2H2;1-2,5H,3H2;1,4H,3H2/b4-3+;9-2+;;2*3-2+;3-1+;2-1+;. The van der Waals surface area contributed by atoms with Crippen LogP contribution in [0.2, 0.25) is 0 Å². The number of fused-ring (bicyclic) bond motifs is 3. The normalized spacial score (nSPS) is 10.4. The molecule has 0 bridgehead atoms. The Morgan fingerprint density at radius 1 is 0.467 bits per heavy atom. The van der Waals surface area contributed by atoms with Gasteiger partial charge >= 0.3 is 0 Å². The SMILES string of the molecule is BrC/C=C/I.C#CCO.C/C=C/CBr.C/C=C/CO.C/C=C/COc1ccc2nc(Nc3ccc(OC)nc3)ccc2c1.COc1ccc(Nc2ccc3cc(O)ccc3n2)cn1.COc1ccc(Nc2ccc3cc(OC/C=C/I)ccc3n2)cn1.OC/C=C/I. The molecule has 7 N–H and O–H groups in total. The van der Waals surface area contributed by atoms with Gasteiger partial charge in [-0.15, -0.1) is 6.42 Å². The number of phenolic OH excluding ortho intramolecular Hbond substituents is 1. The van der Waals surface area contributed by atoms with Crippen molar-refractivity contribution in [3.8, 4) is 47.2 Å².